The first-order chi connectivity index (χ1) is 9.61. The maximum Gasteiger partial charge on any atom is 0.169 e. The number of halogens is 1. The zero-order valence-corrected chi connectivity index (χ0v) is 12.9. The van der Waals surface area contributed by atoms with Crippen molar-refractivity contribution in [3.8, 4) is 0 Å². The summed E-state index contributed by atoms with van der Waals surface area (Å²) in [6.45, 7) is 7.51. The summed E-state index contributed by atoms with van der Waals surface area (Å²) in [5.41, 5.74) is 0.688. The van der Waals surface area contributed by atoms with E-state index in [-0.39, 0.29) is 5.82 Å². The predicted octanol–water partition coefficient (Wildman–Crippen LogP) is 2.62. The van der Waals surface area contributed by atoms with E-state index in [9.17, 15) is 4.39 Å². The van der Waals surface area contributed by atoms with Gasteiger partial charge >= 0.3 is 0 Å². The quantitative estimate of drug-likeness (QED) is 0.864. The summed E-state index contributed by atoms with van der Waals surface area (Å²) in [5, 5.41) is 4.14. The van der Waals surface area contributed by atoms with Crippen molar-refractivity contribution in [3.63, 3.8) is 0 Å². The topological polar surface area (TPSA) is 18.5 Å². The molecule has 1 unspecified atom stereocenters. The molecule has 0 bridgehead atoms. The highest BCUT2D eigenvalue weighted by molar-refractivity contribution is 7.80. The second-order valence-corrected chi connectivity index (χ2v) is 5.57. The number of anilines is 1. The summed E-state index contributed by atoms with van der Waals surface area (Å²) < 4.78 is 13.8. The van der Waals surface area contributed by atoms with Crippen LogP contribution in [0, 0.1) is 5.82 Å². The molecular weight excluding hydrogens is 273 g/mol. The molecule has 1 heterocycles. The Labute approximate surface area is 125 Å². The van der Waals surface area contributed by atoms with Gasteiger partial charge in [-0.2, -0.15) is 0 Å². The summed E-state index contributed by atoms with van der Waals surface area (Å²) in [6.07, 6.45) is 1.05. The molecule has 1 aromatic carbocycles. The first-order valence-electron chi connectivity index (χ1n) is 7.16. The minimum atomic E-state index is -0.152. The third kappa shape index (κ3) is 3.60. The van der Waals surface area contributed by atoms with Crippen LogP contribution in [0.25, 0.3) is 0 Å². The zero-order chi connectivity index (χ0) is 14.5. The van der Waals surface area contributed by atoms with Gasteiger partial charge in [0.15, 0.2) is 5.11 Å². The third-order valence-corrected chi connectivity index (χ3v) is 4.12. The molecule has 5 heteroatoms. The van der Waals surface area contributed by atoms with Crippen LogP contribution in [0.15, 0.2) is 24.3 Å². The fraction of sp³-hybridized carbons (Fsp3) is 0.533. The lowest BCUT2D eigenvalue weighted by molar-refractivity contribution is 0.373. The molecule has 2 rings (SSSR count). The highest BCUT2D eigenvalue weighted by Crippen LogP contribution is 2.20. The van der Waals surface area contributed by atoms with Gasteiger partial charge in [0.05, 0.1) is 5.69 Å². The Hall–Kier alpha value is -1.36. The second-order valence-electron chi connectivity index (χ2n) is 5.18. The predicted molar refractivity (Wildman–Crippen MR) is 85.7 cm³/mol. The third-order valence-electron chi connectivity index (χ3n) is 3.74. The monoisotopic (exact) mass is 295 g/mol. The van der Waals surface area contributed by atoms with Crippen LogP contribution in [0.2, 0.25) is 0 Å². The minimum absolute atomic E-state index is 0.152. The lowest BCUT2D eigenvalue weighted by Crippen LogP contribution is -2.53. The van der Waals surface area contributed by atoms with Gasteiger partial charge in [0.2, 0.25) is 0 Å². The maximum atomic E-state index is 13.8. The number of nitrogens with zero attached hydrogens (tertiary/aromatic N) is 2. The van der Waals surface area contributed by atoms with Gasteiger partial charge in [0, 0.05) is 32.2 Å². The Morgan fingerprint density at radius 2 is 1.95 bits per heavy atom. The van der Waals surface area contributed by atoms with E-state index in [1.165, 1.54) is 6.07 Å². The first-order valence-corrected chi connectivity index (χ1v) is 7.57. The molecular formula is C15H22FN3S. The SMILES string of the molecule is CCC(C)NC(=S)N1CCN(c2ccccc2F)CC1. The van der Waals surface area contributed by atoms with Crippen LogP contribution in [0.1, 0.15) is 20.3 Å². The van der Waals surface area contributed by atoms with E-state index in [4.69, 9.17) is 12.2 Å². The molecule has 0 aromatic heterocycles. The van der Waals surface area contributed by atoms with Crippen molar-refractivity contribution in [2.75, 3.05) is 31.1 Å². The number of hydrogen-bond donors (Lipinski definition) is 1. The number of hydrogen-bond acceptors (Lipinski definition) is 2. The number of thiocarbonyl (C=S) groups is 1. The molecule has 0 saturated carbocycles. The molecule has 1 aromatic rings. The molecule has 1 aliphatic heterocycles. The maximum absolute atomic E-state index is 13.8. The normalized spacial score (nSPS) is 16.9. The van der Waals surface area contributed by atoms with Crippen LogP contribution in [0.5, 0.6) is 0 Å². The number of piperazine rings is 1. The summed E-state index contributed by atoms with van der Waals surface area (Å²) in [7, 11) is 0. The van der Waals surface area contributed by atoms with Crippen LogP contribution < -0.4 is 10.2 Å². The van der Waals surface area contributed by atoms with Crippen molar-refractivity contribution in [2.24, 2.45) is 0 Å². The van der Waals surface area contributed by atoms with Crippen LogP contribution in [0.3, 0.4) is 0 Å². The van der Waals surface area contributed by atoms with Gasteiger partial charge in [-0.15, -0.1) is 0 Å². The number of rotatable bonds is 3. The van der Waals surface area contributed by atoms with Gasteiger partial charge in [-0.3, -0.25) is 0 Å². The minimum Gasteiger partial charge on any atom is -0.366 e. The summed E-state index contributed by atoms with van der Waals surface area (Å²) in [4.78, 5) is 4.25. The molecule has 3 nitrogen and oxygen atoms in total. The number of nitrogens with one attached hydrogen (secondary N) is 1. The Morgan fingerprint density at radius 3 is 2.55 bits per heavy atom. The molecule has 1 atom stereocenters. The van der Waals surface area contributed by atoms with E-state index in [0.717, 1.165) is 37.7 Å². The molecule has 1 N–H and O–H groups in total. The lowest BCUT2D eigenvalue weighted by Gasteiger charge is -2.38. The smallest absolute Gasteiger partial charge is 0.169 e. The van der Waals surface area contributed by atoms with Gasteiger partial charge in [-0.25, -0.2) is 4.39 Å². The van der Waals surface area contributed by atoms with E-state index < -0.39 is 0 Å². The van der Waals surface area contributed by atoms with E-state index in [2.05, 4.69) is 29.0 Å². The molecule has 110 valence electrons. The highest BCUT2D eigenvalue weighted by Gasteiger charge is 2.21. The van der Waals surface area contributed by atoms with Gasteiger partial charge < -0.3 is 15.1 Å². The fourth-order valence-electron chi connectivity index (χ4n) is 2.26. The number of para-hydroxylation sites is 1. The van der Waals surface area contributed by atoms with Crippen molar-refractivity contribution in [3.05, 3.63) is 30.1 Å². The Bertz CT molecular complexity index is 458. The van der Waals surface area contributed by atoms with E-state index in [1.807, 2.05) is 12.1 Å². The van der Waals surface area contributed by atoms with Crippen molar-refractivity contribution in [2.45, 2.75) is 26.3 Å². The Kier molecular flexibility index (Phi) is 5.17. The van der Waals surface area contributed by atoms with Gasteiger partial charge in [0.1, 0.15) is 5.82 Å². The van der Waals surface area contributed by atoms with Crippen molar-refractivity contribution < 1.29 is 4.39 Å². The summed E-state index contributed by atoms with van der Waals surface area (Å²) >= 11 is 5.42. The van der Waals surface area contributed by atoms with Crippen LogP contribution in [-0.2, 0) is 0 Å². The van der Waals surface area contributed by atoms with Crippen LogP contribution >= 0.6 is 12.2 Å². The molecule has 0 radical (unpaired) electrons. The molecule has 0 aliphatic carbocycles. The average molecular weight is 295 g/mol. The first kappa shape index (κ1) is 15.0. The molecule has 0 amide bonds. The second kappa shape index (κ2) is 6.88. The molecule has 1 saturated heterocycles. The summed E-state index contributed by atoms with van der Waals surface area (Å²) in [5.74, 6) is -0.152. The molecule has 20 heavy (non-hydrogen) atoms. The van der Waals surface area contributed by atoms with Crippen LogP contribution in [-0.4, -0.2) is 42.2 Å². The van der Waals surface area contributed by atoms with E-state index >= 15 is 0 Å². The van der Waals surface area contributed by atoms with E-state index in [0.29, 0.717) is 11.7 Å². The Balaban J connectivity index is 1.89. The Morgan fingerprint density at radius 1 is 1.30 bits per heavy atom. The van der Waals surface area contributed by atoms with E-state index in [1.54, 1.807) is 6.07 Å². The highest BCUT2D eigenvalue weighted by atomic mass is 32.1. The lowest BCUT2D eigenvalue weighted by atomic mass is 10.2. The van der Waals surface area contributed by atoms with Crippen molar-refractivity contribution >= 4 is 23.0 Å². The van der Waals surface area contributed by atoms with Gasteiger partial charge in [0.25, 0.3) is 0 Å². The van der Waals surface area contributed by atoms with Gasteiger partial charge in [-0.05, 0) is 37.7 Å². The molecule has 0 spiro atoms. The van der Waals surface area contributed by atoms with Gasteiger partial charge in [-0.1, -0.05) is 19.1 Å². The standard InChI is InChI=1S/C15H22FN3S/c1-3-12(2)17-15(20)19-10-8-18(9-11-19)14-7-5-4-6-13(14)16/h4-7,12H,3,8-11H2,1-2H3,(H,17,20). The van der Waals surface area contributed by atoms with Crippen molar-refractivity contribution in [1.82, 2.24) is 10.2 Å². The fourth-order valence-corrected chi connectivity index (χ4v) is 2.65. The average Bonchev–Trinajstić information content (AvgIpc) is 2.47. The largest absolute Gasteiger partial charge is 0.366 e. The zero-order valence-electron chi connectivity index (χ0n) is 12.1. The van der Waals surface area contributed by atoms with Crippen LogP contribution in [0.4, 0.5) is 10.1 Å². The molecule has 1 fully saturated rings. The number of benzene rings is 1. The molecule has 1 aliphatic rings. The van der Waals surface area contributed by atoms with Crippen molar-refractivity contribution in [1.29, 1.82) is 0 Å². The summed E-state index contributed by atoms with van der Waals surface area (Å²) in [6, 6.07) is 7.34.